The van der Waals surface area contributed by atoms with Crippen LogP contribution in [0, 0.1) is 11.3 Å². The zero-order valence-electron chi connectivity index (χ0n) is 14.9. The van der Waals surface area contributed by atoms with E-state index in [2.05, 4.69) is 13.8 Å². The normalized spacial score (nSPS) is 29.0. The van der Waals surface area contributed by atoms with E-state index in [1.165, 1.54) is 0 Å². The van der Waals surface area contributed by atoms with Crippen LogP contribution in [-0.4, -0.2) is 31.5 Å². The first kappa shape index (κ1) is 18.0. The lowest BCUT2D eigenvalue weighted by atomic mass is 9.76. The second kappa shape index (κ2) is 6.25. The topological polar surface area (TPSA) is 27.7 Å². The van der Waals surface area contributed by atoms with Crippen LogP contribution in [0.4, 0.5) is 4.39 Å². The summed E-state index contributed by atoms with van der Waals surface area (Å²) in [6.45, 7) is 13.5. The van der Waals surface area contributed by atoms with Crippen molar-refractivity contribution in [1.82, 2.24) is 0 Å². The fraction of sp³-hybridized carbons (Fsp3) is 0.882. The summed E-state index contributed by atoms with van der Waals surface area (Å²) in [7, 11) is -0.896. The van der Waals surface area contributed by atoms with Crippen LogP contribution in [0.2, 0.25) is 0 Å². The molecule has 2 rings (SSSR count). The summed E-state index contributed by atoms with van der Waals surface area (Å²) in [4.78, 5) is 0. The monoisotopic (exact) mass is 312 g/mol. The second-order valence-corrected chi connectivity index (χ2v) is 8.39. The molecule has 1 unspecified atom stereocenters. The molecule has 0 amide bonds. The van der Waals surface area contributed by atoms with Gasteiger partial charge in [0.15, 0.2) is 0 Å². The highest BCUT2D eigenvalue weighted by atomic mass is 19.1. The summed E-state index contributed by atoms with van der Waals surface area (Å²) in [5, 5.41) is 0. The maximum atomic E-state index is 14.6. The van der Waals surface area contributed by atoms with Gasteiger partial charge in [0.25, 0.3) is 0 Å². The van der Waals surface area contributed by atoms with E-state index in [1.54, 1.807) is 6.08 Å². The highest BCUT2D eigenvalue weighted by molar-refractivity contribution is 6.53. The van der Waals surface area contributed by atoms with Gasteiger partial charge in [0, 0.05) is 13.2 Å². The minimum absolute atomic E-state index is 0.237. The highest BCUT2D eigenvalue weighted by Gasteiger charge is 2.53. The Hall–Kier alpha value is -0.385. The smallest absolute Gasteiger partial charge is 0.398 e. The third-order valence-corrected chi connectivity index (χ3v) is 5.08. The molecule has 2 heterocycles. The first-order valence-corrected chi connectivity index (χ1v) is 8.34. The van der Waals surface area contributed by atoms with Crippen molar-refractivity contribution >= 4 is 7.12 Å². The Morgan fingerprint density at radius 1 is 1.23 bits per heavy atom. The molecule has 0 bridgehead atoms. The lowest BCUT2D eigenvalue weighted by molar-refractivity contribution is 0.00578. The van der Waals surface area contributed by atoms with Crippen LogP contribution >= 0.6 is 0 Å². The number of hydrogen-bond acceptors (Lipinski definition) is 3. The number of rotatable bonds is 4. The van der Waals surface area contributed by atoms with Gasteiger partial charge < -0.3 is 14.0 Å². The summed E-state index contributed by atoms with van der Waals surface area (Å²) in [5.41, 5.74) is -1.58. The molecule has 2 aliphatic heterocycles. The molecule has 1 atom stereocenters. The van der Waals surface area contributed by atoms with E-state index < -0.39 is 18.3 Å². The number of hydrogen-bond donors (Lipinski definition) is 0. The number of allylic oxidation sites excluding steroid dienone is 1. The van der Waals surface area contributed by atoms with Gasteiger partial charge in [-0.05, 0) is 58.3 Å². The maximum absolute atomic E-state index is 14.6. The Morgan fingerprint density at radius 3 is 2.32 bits per heavy atom. The standard InChI is InChI=1S/C17H30BFO3/c1-15(2,10-13-8-7-9-20-12-13)11-14(19)18-21-16(3,4)17(5,6)22-18/h11,13H,7-10,12H2,1-6H3. The number of ether oxygens (including phenoxy) is 1. The van der Waals surface area contributed by atoms with Crippen LogP contribution in [0.15, 0.2) is 11.8 Å². The Balaban J connectivity index is 2.01. The van der Waals surface area contributed by atoms with Crippen molar-refractivity contribution in [2.75, 3.05) is 13.2 Å². The van der Waals surface area contributed by atoms with Crippen molar-refractivity contribution in [3.63, 3.8) is 0 Å². The second-order valence-electron chi connectivity index (χ2n) is 8.39. The maximum Gasteiger partial charge on any atom is 0.524 e. The molecule has 0 aromatic rings. The Kier molecular flexibility index (Phi) is 5.11. The van der Waals surface area contributed by atoms with Crippen LogP contribution in [0.1, 0.15) is 60.8 Å². The summed E-state index contributed by atoms with van der Waals surface area (Å²) >= 11 is 0. The Bertz CT molecular complexity index is 410. The zero-order valence-corrected chi connectivity index (χ0v) is 14.9. The van der Waals surface area contributed by atoms with Crippen LogP contribution in [0.3, 0.4) is 0 Å². The summed E-state index contributed by atoms with van der Waals surface area (Å²) in [6, 6.07) is 0. The van der Waals surface area contributed by atoms with E-state index in [0.717, 1.165) is 32.5 Å². The molecule has 0 aliphatic carbocycles. The summed E-state index contributed by atoms with van der Waals surface area (Å²) < 4.78 is 31.7. The highest BCUT2D eigenvalue weighted by Crippen LogP contribution is 2.40. The van der Waals surface area contributed by atoms with Gasteiger partial charge in [-0.2, -0.15) is 0 Å². The molecule has 0 N–H and O–H groups in total. The fourth-order valence-corrected chi connectivity index (χ4v) is 3.17. The summed E-state index contributed by atoms with van der Waals surface area (Å²) in [5.74, 6) is 0.506. The molecule has 2 saturated heterocycles. The molecule has 0 radical (unpaired) electrons. The fourth-order valence-electron chi connectivity index (χ4n) is 3.17. The van der Waals surface area contributed by atoms with Crippen molar-refractivity contribution in [3.05, 3.63) is 11.8 Å². The molecule has 0 aromatic carbocycles. The quantitative estimate of drug-likeness (QED) is 0.724. The van der Waals surface area contributed by atoms with Gasteiger partial charge in [-0.1, -0.05) is 19.9 Å². The molecule has 0 aromatic heterocycles. The van der Waals surface area contributed by atoms with Gasteiger partial charge in [0.2, 0.25) is 0 Å². The zero-order chi connectivity index (χ0) is 16.6. The molecule has 22 heavy (non-hydrogen) atoms. The minimum Gasteiger partial charge on any atom is -0.398 e. The van der Waals surface area contributed by atoms with Crippen molar-refractivity contribution in [2.24, 2.45) is 11.3 Å². The SMILES string of the molecule is CC(C)(C=C(F)B1OC(C)(C)C(C)(C)O1)CC1CCCOC1. The van der Waals surface area contributed by atoms with Crippen LogP contribution < -0.4 is 0 Å². The first-order chi connectivity index (χ1) is 10.0. The van der Waals surface area contributed by atoms with E-state index in [0.29, 0.717) is 5.92 Å². The Morgan fingerprint density at radius 2 is 1.82 bits per heavy atom. The van der Waals surface area contributed by atoms with E-state index in [9.17, 15) is 4.39 Å². The lowest BCUT2D eigenvalue weighted by Crippen LogP contribution is -2.41. The van der Waals surface area contributed by atoms with Crippen molar-refractivity contribution in [1.29, 1.82) is 0 Å². The molecule has 5 heteroatoms. The predicted octanol–water partition coefficient (Wildman–Crippen LogP) is 4.31. The third-order valence-electron chi connectivity index (χ3n) is 5.08. The molecule has 3 nitrogen and oxygen atoms in total. The van der Waals surface area contributed by atoms with E-state index in [-0.39, 0.29) is 11.1 Å². The van der Waals surface area contributed by atoms with E-state index >= 15 is 0 Å². The number of halogens is 1. The molecule has 2 aliphatic rings. The van der Waals surface area contributed by atoms with E-state index in [4.69, 9.17) is 14.0 Å². The predicted molar refractivity (Wildman–Crippen MR) is 87.2 cm³/mol. The molecular formula is C17H30BFO3. The average Bonchev–Trinajstić information content (AvgIpc) is 2.58. The molecule has 2 fully saturated rings. The van der Waals surface area contributed by atoms with Gasteiger partial charge in [-0.25, -0.2) is 4.39 Å². The lowest BCUT2D eigenvalue weighted by Gasteiger charge is -2.32. The average molecular weight is 312 g/mol. The molecular weight excluding hydrogens is 282 g/mol. The Labute approximate surface area is 134 Å². The van der Waals surface area contributed by atoms with Crippen LogP contribution in [-0.2, 0) is 14.0 Å². The van der Waals surface area contributed by atoms with Gasteiger partial charge in [0.1, 0.15) is 5.73 Å². The first-order valence-electron chi connectivity index (χ1n) is 8.34. The molecule has 0 spiro atoms. The van der Waals surface area contributed by atoms with Crippen molar-refractivity contribution < 1.29 is 18.4 Å². The van der Waals surface area contributed by atoms with Crippen molar-refractivity contribution in [3.8, 4) is 0 Å². The minimum atomic E-state index is -0.896. The van der Waals surface area contributed by atoms with Crippen LogP contribution in [0.5, 0.6) is 0 Å². The van der Waals surface area contributed by atoms with Gasteiger partial charge in [-0.3, -0.25) is 0 Å². The van der Waals surface area contributed by atoms with Crippen molar-refractivity contribution in [2.45, 2.75) is 72.0 Å². The van der Waals surface area contributed by atoms with Gasteiger partial charge in [0.05, 0.1) is 11.2 Å². The largest absolute Gasteiger partial charge is 0.524 e. The summed E-state index contributed by atoms with van der Waals surface area (Å²) in [6.07, 6.45) is 4.85. The molecule has 0 saturated carbocycles. The van der Waals surface area contributed by atoms with Gasteiger partial charge in [-0.15, -0.1) is 0 Å². The van der Waals surface area contributed by atoms with Gasteiger partial charge >= 0.3 is 7.12 Å². The molecule has 126 valence electrons. The van der Waals surface area contributed by atoms with E-state index in [1.807, 2.05) is 27.7 Å². The third kappa shape index (κ3) is 4.12. The van der Waals surface area contributed by atoms with Crippen LogP contribution in [0.25, 0.3) is 0 Å².